The zero-order valence-corrected chi connectivity index (χ0v) is 8.66. The Kier molecular flexibility index (Phi) is 1.86. The second-order valence-electron chi connectivity index (χ2n) is 3.90. The van der Waals surface area contributed by atoms with Gasteiger partial charge < -0.3 is 0 Å². The minimum Gasteiger partial charge on any atom is -0.298 e. The van der Waals surface area contributed by atoms with Crippen molar-refractivity contribution in [3.05, 3.63) is 35.1 Å². The maximum Gasteiger partial charge on any atom is 0.123 e. The van der Waals surface area contributed by atoms with Crippen LogP contribution in [0.3, 0.4) is 0 Å². The molecule has 2 aliphatic rings. The monoisotopic (exact) mass is 209 g/mol. The molecule has 74 valence electrons. The molecule has 1 aliphatic heterocycles. The summed E-state index contributed by atoms with van der Waals surface area (Å²) in [5, 5.41) is 3.55. The van der Waals surface area contributed by atoms with E-state index in [1.165, 1.54) is 11.1 Å². The van der Waals surface area contributed by atoms with E-state index in [0.717, 1.165) is 25.1 Å². The summed E-state index contributed by atoms with van der Waals surface area (Å²) in [6.07, 6.45) is 2.11. The second-order valence-corrected chi connectivity index (χ2v) is 5.30. The van der Waals surface area contributed by atoms with Crippen LogP contribution in [0, 0.1) is 5.82 Å². The summed E-state index contributed by atoms with van der Waals surface area (Å²) < 4.78 is 13.0. The van der Waals surface area contributed by atoms with E-state index in [1.54, 1.807) is 12.1 Å². The van der Waals surface area contributed by atoms with E-state index in [-0.39, 0.29) is 10.7 Å². The molecule has 14 heavy (non-hydrogen) atoms. The van der Waals surface area contributed by atoms with Crippen LogP contribution in [-0.2, 0) is 11.3 Å². The lowest BCUT2D eigenvalue weighted by Crippen LogP contribution is -2.31. The van der Waals surface area contributed by atoms with Crippen molar-refractivity contribution < 1.29 is 4.39 Å². The molecule has 1 N–H and O–H groups in total. The molecule has 1 fully saturated rings. The molecule has 0 radical (unpaired) electrons. The molecule has 0 aromatic heterocycles. The van der Waals surface area contributed by atoms with E-state index in [1.807, 2.05) is 17.8 Å². The van der Waals surface area contributed by atoms with Crippen LogP contribution >= 0.6 is 11.8 Å². The van der Waals surface area contributed by atoms with E-state index >= 15 is 0 Å². The zero-order chi connectivity index (χ0) is 9.60. The molecule has 1 saturated heterocycles. The van der Waals surface area contributed by atoms with Crippen LogP contribution < -0.4 is 5.32 Å². The van der Waals surface area contributed by atoms with Crippen LogP contribution in [-0.4, -0.2) is 12.3 Å². The predicted molar refractivity (Wildman–Crippen MR) is 56.9 cm³/mol. The van der Waals surface area contributed by atoms with Crippen LogP contribution in [0.25, 0.3) is 0 Å². The Bertz CT molecular complexity index is 372. The summed E-state index contributed by atoms with van der Waals surface area (Å²) in [7, 11) is 0. The molecule has 0 amide bonds. The van der Waals surface area contributed by atoms with Crippen molar-refractivity contribution >= 4 is 11.8 Å². The molecular weight excluding hydrogens is 197 g/mol. The lowest BCUT2D eigenvalue weighted by Gasteiger charge is -2.23. The van der Waals surface area contributed by atoms with E-state index in [2.05, 4.69) is 5.32 Å². The highest BCUT2D eigenvalue weighted by Gasteiger charge is 2.41. The number of nitrogens with one attached hydrogen (secondary N) is 1. The Morgan fingerprint density at radius 1 is 1.43 bits per heavy atom. The number of thioether (sulfide) groups is 1. The SMILES string of the molecule is Fc1ccc2c(c1)CCC21NCCS1. The van der Waals surface area contributed by atoms with Gasteiger partial charge in [0.15, 0.2) is 0 Å². The fourth-order valence-corrected chi connectivity index (χ4v) is 3.83. The number of fused-ring (bicyclic) bond motifs is 2. The maximum absolute atomic E-state index is 13.0. The molecule has 1 heterocycles. The molecule has 3 heteroatoms. The van der Waals surface area contributed by atoms with Gasteiger partial charge in [-0.15, -0.1) is 11.8 Å². The third-order valence-corrected chi connectivity index (χ3v) is 4.58. The van der Waals surface area contributed by atoms with E-state index in [4.69, 9.17) is 0 Å². The molecule has 1 atom stereocenters. The number of hydrogen-bond acceptors (Lipinski definition) is 2. The molecule has 1 aromatic carbocycles. The Hall–Kier alpha value is -0.540. The van der Waals surface area contributed by atoms with Gasteiger partial charge in [-0.3, -0.25) is 5.32 Å². The summed E-state index contributed by atoms with van der Waals surface area (Å²) in [5.74, 6) is 1.06. The highest BCUT2D eigenvalue weighted by atomic mass is 32.2. The van der Waals surface area contributed by atoms with Gasteiger partial charge in [-0.25, -0.2) is 4.39 Å². The van der Waals surface area contributed by atoms with Crippen LogP contribution in [0.4, 0.5) is 4.39 Å². The lowest BCUT2D eigenvalue weighted by molar-refractivity contribution is 0.522. The zero-order valence-electron chi connectivity index (χ0n) is 7.85. The number of hydrogen-bond donors (Lipinski definition) is 1. The molecule has 1 aliphatic carbocycles. The molecule has 1 aromatic rings. The van der Waals surface area contributed by atoms with Crippen molar-refractivity contribution in [3.63, 3.8) is 0 Å². The van der Waals surface area contributed by atoms with Crippen molar-refractivity contribution in [1.29, 1.82) is 0 Å². The number of aryl methyl sites for hydroxylation is 1. The largest absolute Gasteiger partial charge is 0.298 e. The summed E-state index contributed by atoms with van der Waals surface area (Å²) in [6.45, 7) is 1.07. The van der Waals surface area contributed by atoms with Gasteiger partial charge in [0.2, 0.25) is 0 Å². The van der Waals surface area contributed by atoms with Crippen LogP contribution in [0.2, 0.25) is 0 Å². The van der Waals surface area contributed by atoms with E-state index in [0.29, 0.717) is 0 Å². The number of rotatable bonds is 0. The first-order chi connectivity index (χ1) is 6.80. The first-order valence-corrected chi connectivity index (χ1v) is 5.97. The smallest absolute Gasteiger partial charge is 0.123 e. The van der Waals surface area contributed by atoms with Crippen molar-refractivity contribution in [2.75, 3.05) is 12.3 Å². The molecule has 1 spiro atoms. The Balaban J connectivity index is 2.09. The van der Waals surface area contributed by atoms with E-state index < -0.39 is 0 Å². The van der Waals surface area contributed by atoms with Crippen molar-refractivity contribution in [2.24, 2.45) is 0 Å². The molecule has 3 rings (SSSR count). The molecule has 1 nitrogen and oxygen atoms in total. The average molecular weight is 209 g/mol. The normalized spacial score (nSPS) is 29.8. The third kappa shape index (κ3) is 1.12. The third-order valence-electron chi connectivity index (χ3n) is 3.11. The fraction of sp³-hybridized carbons (Fsp3) is 0.455. The van der Waals surface area contributed by atoms with Gasteiger partial charge in [0, 0.05) is 12.3 Å². The molecule has 1 unspecified atom stereocenters. The summed E-state index contributed by atoms with van der Waals surface area (Å²) in [5.41, 5.74) is 2.49. The van der Waals surface area contributed by atoms with Crippen LogP contribution in [0.15, 0.2) is 18.2 Å². The Morgan fingerprint density at radius 3 is 3.14 bits per heavy atom. The quantitative estimate of drug-likeness (QED) is 0.703. The number of halogens is 1. The van der Waals surface area contributed by atoms with Gasteiger partial charge >= 0.3 is 0 Å². The maximum atomic E-state index is 13.0. The van der Waals surface area contributed by atoms with Crippen molar-refractivity contribution in [2.45, 2.75) is 17.7 Å². The van der Waals surface area contributed by atoms with Crippen LogP contribution in [0.1, 0.15) is 17.5 Å². The first kappa shape index (κ1) is 8.74. The van der Waals surface area contributed by atoms with E-state index in [9.17, 15) is 4.39 Å². The van der Waals surface area contributed by atoms with Gasteiger partial charge in [0.05, 0.1) is 4.87 Å². The van der Waals surface area contributed by atoms with Gasteiger partial charge in [0.1, 0.15) is 5.82 Å². The Morgan fingerprint density at radius 2 is 2.36 bits per heavy atom. The average Bonchev–Trinajstić information content (AvgIpc) is 2.77. The number of benzene rings is 1. The summed E-state index contributed by atoms with van der Waals surface area (Å²) in [6, 6.07) is 5.21. The second kappa shape index (κ2) is 2.97. The van der Waals surface area contributed by atoms with Crippen molar-refractivity contribution in [1.82, 2.24) is 5.32 Å². The first-order valence-electron chi connectivity index (χ1n) is 4.98. The molecule has 0 saturated carbocycles. The fourth-order valence-electron chi connectivity index (χ4n) is 2.47. The van der Waals surface area contributed by atoms with Gasteiger partial charge in [-0.1, -0.05) is 6.07 Å². The topological polar surface area (TPSA) is 12.0 Å². The molecular formula is C11H12FNS. The lowest BCUT2D eigenvalue weighted by atomic mass is 10.1. The van der Waals surface area contributed by atoms with Gasteiger partial charge in [-0.2, -0.15) is 0 Å². The minimum atomic E-state index is -0.108. The summed E-state index contributed by atoms with van der Waals surface area (Å²) in [4.78, 5) is 0.114. The highest BCUT2D eigenvalue weighted by Crippen LogP contribution is 2.47. The van der Waals surface area contributed by atoms with Crippen LogP contribution in [0.5, 0.6) is 0 Å². The Labute approximate surface area is 87.1 Å². The molecule has 0 bridgehead atoms. The van der Waals surface area contributed by atoms with Gasteiger partial charge in [-0.05, 0) is 36.1 Å². The highest BCUT2D eigenvalue weighted by molar-refractivity contribution is 8.00. The standard InChI is InChI=1S/C11H12FNS/c12-9-1-2-10-8(7-9)3-4-11(10)13-5-6-14-11/h1-2,7,13H,3-6H2. The minimum absolute atomic E-state index is 0.108. The summed E-state index contributed by atoms with van der Waals surface area (Å²) >= 11 is 1.97. The van der Waals surface area contributed by atoms with Gasteiger partial charge in [0.25, 0.3) is 0 Å². The van der Waals surface area contributed by atoms with Crippen molar-refractivity contribution in [3.8, 4) is 0 Å². The predicted octanol–water partition coefficient (Wildman–Crippen LogP) is 2.26.